The normalized spacial score (nSPS) is 10.7. The van der Waals surface area contributed by atoms with Crippen molar-refractivity contribution in [3.05, 3.63) is 60.2 Å². The average Bonchev–Trinajstić information content (AvgIpc) is 3.25. The maximum absolute atomic E-state index is 12.3. The molecule has 4 rings (SSSR count). The first kappa shape index (κ1) is 18.4. The van der Waals surface area contributed by atoms with Crippen LogP contribution in [0.3, 0.4) is 0 Å². The number of carbonyl (C=O) groups excluding carboxylic acids is 1. The van der Waals surface area contributed by atoms with Crippen molar-refractivity contribution in [2.24, 2.45) is 0 Å². The molecule has 0 saturated heterocycles. The fourth-order valence-electron chi connectivity index (χ4n) is 2.66. The first-order valence-corrected chi connectivity index (χ1v) is 8.62. The zero-order valence-electron chi connectivity index (χ0n) is 15.7. The Bertz CT molecular complexity index is 1170. The molecule has 0 atom stereocenters. The number of fused-ring (bicyclic) bond motifs is 1. The highest BCUT2D eigenvalue weighted by Gasteiger charge is 2.17. The lowest BCUT2D eigenvalue weighted by molar-refractivity contribution is 0.0423. The van der Waals surface area contributed by atoms with Gasteiger partial charge in [-0.25, -0.2) is 9.78 Å². The van der Waals surface area contributed by atoms with Gasteiger partial charge in [0.25, 0.3) is 5.89 Å². The summed E-state index contributed by atoms with van der Waals surface area (Å²) >= 11 is 0. The predicted octanol–water partition coefficient (Wildman–Crippen LogP) is 3.05. The van der Waals surface area contributed by atoms with Crippen LogP contribution in [-0.4, -0.2) is 40.3 Å². The molecule has 9 heteroatoms. The van der Waals surface area contributed by atoms with Crippen LogP contribution in [0.5, 0.6) is 11.5 Å². The monoisotopic (exact) mass is 392 g/mol. The number of hydrogen-bond donors (Lipinski definition) is 0. The Labute approximate surface area is 165 Å². The highest BCUT2D eigenvalue weighted by atomic mass is 16.6. The third-order valence-corrected chi connectivity index (χ3v) is 4.10. The van der Waals surface area contributed by atoms with E-state index in [-0.39, 0.29) is 18.2 Å². The van der Waals surface area contributed by atoms with Gasteiger partial charge in [-0.15, -0.1) is 0 Å². The molecule has 0 saturated carbocycles. The molecule has 2 aromatic heterocycles. The van der Waals surface area contributed by atoms with E-state index in [9.17, 15) is 4.79 Å². The van der Waals surface area contributed by atoms with Crippen molar-refractivity contribution >= 4 is 17.0 Å². The van der Waals surface area contributed by atoms with Gasteiger partial charge in [-0.1, -0.05) is 17.3 Å². The molecule has 146 valence electrons. The summed E-state index contributed by atoms with van der Waals surface area (Å²) in [7, 11) is 3.10. The molecule has 0 fully saturated rings. The smallest absolute Gasteiger partial charge is 0.359 e. The van der Waals surface area contributed by atoms with Crippen LogP contribution in [0, 0.1) is 0 Å². The van der Waals surface area contributed by atoms with E-state index in [4.69, 9.17) is 18.7 Å². The van der Waals surface area contributed by atoms with Gasteiger partial charge in [0.05, 0.1) is 37.0 Å². The lowest BCUT2D eigenvalue weighted by atomic mass is 10.2. The molecule has 0 N–H and O–H groups in total. The van der Waals surface area contributed by atoms with Gasteiger partial charge in [-0.2, -0.15) is 4.98 Å². The number of para-hydroxylation sites is 2. The van der Waals surface area contributed by atoms with E-state index in [1.807, 2.05) is 18.2 Å². The number of ether oxygens (including phenoxy) is 3. The number of benzene rings is 2. The van der Waals surface area contributed by atoms with E-state index in [0.717, 1.165) is 0 Å². The summed E-state index contributed by atoms with van der Waals surface area (Å²) in [5, 5.41) is 3.92. The van der Waals surface area contributed by atoms with Crippen LogP contribution in [0.1, 0.15) is 16.4 Å². The van der Waals surface area contributed by atoms with Crippen molar-refractivity contribution in [3.8, 4) is 22.9 Å². The van der Waals surface area contributed by atoms with Crippen LogP contribution in [0.4, 0.5) is 0 Å². The highest BCUT2D eigenvalue weighted by molar-refractivity contribution is 5.89. The van der Waals surface area contributed by atoms with Crippen molar-refractivity contribution in [2.75, 3.05) is 14.2 Å². The summed E-state index contributed by atoms with van der Waals surface area (Å²) in [6, 6.07) is 12.5. The van der Waals surface area contributed by atoms with Crippen molar-refractivity contribution < 1.29 is 23.5 Å². The van der Waals surface area contributed by atoms with Gasteiger partial charge >= 0.3 is 5.97 Å². The largest absolute Gasteiger partial charge is 0.497 e. The Morgan fingerprint density at radius 3 is 2.66 bits per heavy atom. The standard InChI is InChI=1S/C20H16N4O5/c1-26-12-7-8-13(17(9-12)27-2)19-23-18(29-24-19)11-28-20(25)16-10-21-14-5-3-4-6-15(14)22-16/h3-10H,11H2,1-2H3. The molecule has 0 bridgehead atoms. The lowest BCUT2D eigenvalue weighted by Gasteiger charge is -2.07. The van der Waals surface area contributed by atoms with E-state index in [2.05, 4.69) is 20.1 Å². The Balaban J connectivity index is 1.47. The minimum Gasteiger partial charge on any atom is -0.497 e. The molecular formula is C20H16N4O5. The molecule has 0 aliphatic heterocycles. The topological polar surface area (TPSA) is 109 Å². The number of nitrogens with zero attached hydrogens (tertiary/aromatic N) is 4. The third kappa shape index (κ3) is 3.84. The SMILES string of the molecule is COc1ccc(-c2noc(COC(=O)c3cnc4ccccc4n3)n2)c(OC)c1. The van der Waals surface area contributed by atoms with E-state index in [1.165, 1.54) is 13.3 Å². The maximum atomic E-state index is 12.3. The molecular weight excluding hydrogens is 376 g/mol. The van der Waals surface area contributed by atoms with Gasteiger partial charge in [-0.3, -0.25) is 4.98 Å². The molecule has 9 nitrogen and oxygen atoms in total. The van der Waals surface area contributed by atoms with Crippen molar-refractivity contribution in [1.82, 2.24) is 20.1 Å². The van der Waals surface area contributed by atoms with Crippen molar-refractivity contribution in [1.29, 1.82) is 0 Å². The predicted molar refractivity (Wildman–Crippen MR) is 101 cm³/mol. The van der Waals surface area contributed by atoms with Gasteiger partial charge in [-0.05, 0) is 24.3 Å². The second-order valence-corrected chi connectivity index (χ2v) is 5.90. The van der Waals surface area contributed by atoms with E-state index < -0.39 is 5.97 Å². The summed E-state index contributed by atoms with van der Waals surface area (Å²) in [6.07, 6.45) is 1.37. The van der Waals surface area contributed by atoms with Gasteiger partial charge in [0.2, 0.25) is 5.82 Å². The van der Waals surface area contributed by atoms with Crippen molar-refractivity contribution in [2.45, 2.75) is 6.61 Å². The first-order chi connectivity index (χ1) is 14.2. The molecule has 29 heavy (non-hydrogen) atoms. The number of rotatable bonds is 6. The fraction of sp³-hybridized carbons (Fsp3) is 0.150. The Hall–Kier alpha value is -4.01. The molecule has 0 radical (unpaired) electrons. The Morgan fingerprint density at radius 2 is 1.86 bits per heavy atom. The summed E-state index contributed by atoms with van der Waals surface area (Å²) in [4.78, 5) is 25.0. The third-order valence-electron chi connectivity index (χ3n) is 4.10. The first-order valence-electron chi connectivity index (χ1n) is 8.62. The second kappa shape index (κ2) is 7.93. The second-order valence-electron chi connectivity index (χ2n) is 5.90. The summed E-state index contributed by atoms with van der Waals surface area (Å²) in [6.45, 7) is -0.196. The average molecular weight is 392 g/mol. The zero-order valence-corrected chi connectivity index (χ0v) is 15.7. The molecule has 4 aromatic rings. The molecule has 0 aliphatic carbocycles. The fourth-order valence-corrected chi connectivity index (χ4v) is 2.66. The number of methoxy groups -OCH3 is 2. The van der Waals surface area contributed by atoms with Gasteiger partial charge < -0.3 is 18.7 Å². The Morgan fingerprint density at radius 1 is 1.03 bits per heavy atom. The maximum Gasteiger partial charge on any atom is 0.359 e. The molecule has 0 spiro atoms. The number of aromatic nitrogens is 4. The summed E-state index contributed by atoms with van der Waals surface area (Å²) in [5.74, 6) is 0.978. The van der Waals surface area contributed by atoms with E-state index >= 15 is 0 Å². The van der Waals surface area contributed by atoms with Crippen LogP contribution in [-0.2, 0) is 11.3 Å². The molecule has 0 aliphatic rings. The molecule has 2 aromatic carbocycles. The zero-order chi connectivity index (χ0) is 20.2. The molecule has 2 heterocycles. The number of hydrogen-bond acceptors (Lipinski definition) is 9. The summed E-state index contributed by atoms with van der Waals surface area (Å²) in [5.41, 5.74) is 2.02. The minimum atomic E-state index is -0.634. The molecule has 0 amide bonds. The number of esters is 1. The van der Waals surface area contributed by atoms with Crippen LogP contribution in [0.25, 0.3) is 22.4 Å². The van der Waals surface area contributed by atoms with Crippen molar-refractivity contribution in [3.63, 3.8) is 0 Å². The van der Waals surface area contributed by atoms with Crippen LogP contribution in [0.2, 0.25) is 0 Å². The minimum absolute atomic E-state index is 0.0975. The highest BCUT2D eigenvalue weighted by Crippen LogP contribution is 2.31. The summed E-state index contributed by atoms with van der Waals surface area (Å²) < 4.78 is 20.9. The van der Waals surface area contributed by atoms with Crippen LogP contribution in [0.15, 0.2) is 53.2 Å². The van der Waals surface area contributed by atoms with Gasteiger partial charge in [0, 0.05) is 6.07 Å². The van der Waals surface area contributed by atoms with Crippen LogP contribution >= 0.6 is 0 Å². The van der Waals surface area contributed by atoms with E-state index in [0.29, 0.717) is 33.9 Å². The lowest BCUT2D eigenvalue weighted by Crippen LogP contribution is -2.08. The quantitative estimate of drug-likeness (QED) is 0.457. The van der Waals surface area contributed by atoms with E-state index in [1.54, 1.807) is 31.4 Å². The Kier molecular flexibility index (Phi) is 5.02. The number of carbonyl (C=O) groups is 1. The molecule has 0 unspecified atom stereocenters. The van der Waals surface area contributed by atoms with Crippen LogP contribution < -0.4 is 9.47 Å². The van der Waals surface area contributed by atoms with Gasteiger partial charge in [0.1, 0.15) is 11.5 Å². The van der Waals surface area contributed by atoms with Gasteiger partial charge in [0.15, 0.2) is 12.3 Å².